The predicted octanol–water partition coefficient (Wildman–Crippen LogP) is 1.17. The number of aromatic nitrogens is 3. The van der Waals surface area contributed by atoms with Crippen molar-refractivity contribution in [1.29, 1.82) is 0 Å². The second-order valence-corrected chi connectivity index (χ2v) is 6.69. The summed E-state index contributed by atoms with van der Waals surface area (Å²) in [5.41, 5.74) is 7.85. The molecule has 4 heterocycles. The first-order valence-corrected chi connectivity index (χ1v) is 8.99. The van der Waals surface area contributed by atoms with Crippen LogP contribution in [0.15, 0.2) is 29.1 Å². The van der Waals surface area contributed by atoms with E-state index in [0.29, 0.717) is 17.1 Å². The number of H-pyrrole nitrogens is 1. The molecule has 0 radical (unpaired) electrons. The van der Waals surface area contributed by atoms with Gasteiger partial charge in [-0.1, -0.05) is 0 Å². The van der Waals surface area contributed by atoms with E-state index in [2.05, 4.69) is 44.2 Å². The van der Waals surface area contributed by atoms with Gasteiger partial charge in [-0.25, -0.2) is 15.4 Å². The first-order chi connectivity index (χ1) is 13.1. The Hall–Kier alpha value is -2.84. The molecule has 8 heteroatoms. The average molecular weight is 366 g/mol. The monoisotopic (exact) mass is 366 g/mol. The molecule has 1 amide bonds. The standard InChI is InChI=1S/C19H22N6O2/c1-12-15(11-25-6-8-27-9-7-25)13(2)22-16(12)10-14-17(23-24-19(14)26)18-20-4-3-5-21-18/h3-5,10,22H,6-9,11H2,1-2H3,(H,24,26)/b14-10+. The first-order valence-electron chi connectivity index (χ1n) is 8.99. The Morgan fingerprint density at radius 1 is 1.22 bits per heavy atom. The van der Waals surface area contributed by atoms with Gasteiger partial charge in [0.15, 0.2) is 5.82 Å². The second kappa shape index (κ2) is 7.42. The van der Waals surface area contributed by atoms with Gasteiger partial charge in [0.2, 0.25) is 0 Å². The number of ether oxygens (including phenoxy) is 1. The van der Waals surface area contributed by atoms with Crippen LogP contribution in [0.5, 0.6) is 0 Å². The zero-order chi connectivity index (χ0) is 18.8. The van der Waals surface area contributed by atoms with E-state index in [1.54, 1.807) is 18.5 Å². The van der Waals surface area contributed by atoms with Crippen LogP contribution in [-0.2, 0) is 16.1 Å². The van der Waals surface area contributed by atoms with Gasteiger partial charge in [-0.3, -0.25) is 9.69 Å². The Morgan fingerprint density at radius 2 is 1.96 bits per heavy atom. The molecular weight excluding hydrogens is 344 g/mol. The number of aryl methyl sites for hydroxylation is 1. The number of nitrogens with one attached hydrogen (secondary N) is 2. The van der Waals surface area contributed by atoms with Crippen molar-refractivity contribution in [2.75, 3.05) is 26.3 Å². The molecule has 2 N–H and O–H groups in total. The minimum absolute atomic E-state index is 0.251. The van der Waals surface area contributed by atoms with Gasteiger partial charge in [-0.05, 0) is 37.1 Å². The summed E-state index contributed by atoms with van der Waals surface area (Å²) in [6, 6.07) is 1.73. The van der Waals surface area contributed by atoms with Crippen LogP contribution >= 0.6 is 0 Å². The van der Waals surface area contributed by atoms with E-state index in [-0.39, 0.29) is 5.91 Å². The molecule has 2 aromatic heterocycles. The number of carbonyl (C=O) groups is 1. The highest BCUT2D eigenvalue weighted by molar-refractivity contribution is 6.32. The summed E-state index contributed by atoms with van der Waals surface area (Å²) in [6.45, 7) is 8.43. The van der Waals surface area contributed by atoms with Gasteiger partial charge in [0.05, 0.1) is 18.8 Å². The molecule has 0 bridgehead atoms. The molecule has 2 aromatic rings. The molecular formula is C19H22N6O2. The van der Waals surface area contributed by atoms with Gasteiger partial charge in [-0.15, -0.1) is 0 Å². The number of aromatic amines is 1. The van der Waals surface area contributed by atoms with Crippen molar-refractivity contribution >= 4 is 17.7 Å². The summed E-state index contributed by atoms with van der Waals surface area (Å²) in [5.74, 6) is 0.176. The number of hydrogen-bond donors (Lipinski definition) is 2. The van der Waals surface area contributed by atoms with Crippen LogP contribution in [0.1, 0.15) is 28.3 Å². The van der Waals surface area contributed by atoms with Gasteiger partial charge in [0.25, 0.3) is 5.91 Å². The van der Waals surface area contributed by atoms with E-state index < -0.39 is 0 Å². The zero-order valence-electron chi connectivity index (χ0n) is 15.5. The minimum Gasteiger partial charge on any atom is -0.379 e. The Kier molecular flexibility index (Phi) is 4.83. The fourth-order valence-corrected chi connectivity index (χ4v) is 3.38. The molecule has 4 rings (SSSR count). The number of rotatable bonds is 4. The lowest BCUT2D eigenvalue weighted by atomic mass is 10.1. The largest absolute Gasteiger partial charge is 0.379 e. The van der Waals surface area contributed by atoms with Gasteiger partial charge >= 0.3 is 0 Å². The molecule has 0 spiro atoms. The smallest absolute Gasteiger partial charge is 0.273 e. The highest BCUT2D eigenvalue weighted by atomic mass is 16.5. The Balaban J connectivity index is 1.64. The number of hydrogen-bond acceptors (Lipinski definition) is 6. The summed E-state index contributed by atoms with van der Waals surface area (Å²) in [4.78, 5) is 26.5. The van der Waals surface area contributed by atoms with Crippen molar-refractivity contribution in [3.05, 3.63) is 52.4 Å². The van der Waals surface area contributed by atoms with E-state index in [1.165, 1.54) is 5.56 Å². The number of amides is 1. The molecule has 0 unspecified atom stereocenters. The fourth-order valence-electron chi connectivity index (χ4n) is 3.38. The van der Waals surface area contributed by atoms with Crippen LogP contribution in [0.2, 0.25) is 0 Å². The number of hydrazone groups is 1. The summed E-state index contributed by atoms with van der Waals surface area (Å²) in [7, 11) is 0. The maximum Gasteiger partial charge on any atom is 0.273 e. The summed E-state index contributed by atoms with van der Waals surface area (Å²) in [6.07, 6.45) is 5.11. The molecule has 0 aromatic carbocycles. The number of nitrogens with zero attached hydrogens (tertiary/aromatic N) is 4. The predicted molar refractivity (Wildman–Crippen MR) is 101 cm³/mol. The van der Waals surface area contributed by atoms with Crippen molar-refractivity contribution in [2.45, 2.75) is 20.4 Å². The third kappa shape index (κ3) is 3.54. The zero-order valence-corrected chi connectivity index (χ0v) is 15.5. The van der Waals surface area contributed by atoms with Crippen LogP contribution < -0.4 is 5.43 Å². The molecule has 8 nitrogen and oxygen atoms in total. The van der Waals surface area contributed by atoms with E-state index in [1.807, 2.05) is 6.08 Å². The molecule has 0 aliphatic carbocycles. The number of morpholine rings is 1. The lowest BCUT2D eigenvalue weighted by molar-refractivity contribution is -0.116. The van der Waals surface area contributed by atoms with Crippen LogP contribution in [0.3, 0.4) is 0 Å². The quantitative estimate of drug-likeness (QED) is 0.792. The lowest BCUT2D eigenvalue weighted by Crippen LogP contribution is -2.35. The Bertz CT molecular complexity index is 910. The Morgan fingerprint density at radius 3 is 2.70 bits per heavy atom. The van der Waals surface area contributed by atoms with Gasteiger partial charge in [0.1, 0.15) is 5.71 Å². The molecule has 27 heavy (non-hydrogen) atoms. The molecule has 0 atom stereocenters. The second-order valence-electron chi connectivity index (χ2n) is 6.69. The minimum atomic E-state index is -0.251. The fraction of sp³-hybridized carbons (Fsp3) is 0.368. The molecule has 0 saturated carbocycles. The van der Waals surface area contributed by atoms with E-state index >= 15 is 0 Å². The number of carbonyl (C=O) groups excluding carboxylic acids is 1. The maximum atomic E-state index is 12.3. The van der Waals surface area contributed by atoms with Crippen LogP contribution in [0.25, 0.3) is 6.08 Å². The van der Waals surface area contributed by atoms with Gasteiger partial charge in [0, 0.05) is 43.4 Å². The topological polar surface area (TPSA) is 95.5 Å². The highest BCUT2D eigenvalue weighted by Crippen LogP contribution is 2.24. The Labute approximate surface area is 157 Å². The normalized spacial score (nSPS) is 19.4. The summed E-state index contributed by atoms with van der Waals surface area (Å²) >= 11 is 0. The average Bonchev–Trinajstić information content (AvgIpc) is 3.18. The van der Waals surface area contributed by atoms with Crippen LogP contribution in [0, 0.1) is 13.8 Å². The van der Waals surface area contributed by atoms with E-state index in [0.717, 1.165) is 49.8 Å². The molecule has 140 valence electrons. The van der Waals surface area contributed by atoms with E-state index in [4.69, 9.17) is 4.74 Å². The lowest BCUT2D eigenvalue weighted by Gasteiger charge is -2.26. The van der Waals surface area contributed by atoms with Crippen molar-refractivity contribution in [3.8, 4) is 0 Å². The summed E-state index contributed by atoms with van der Waals surface area (Å²) in [5, 5.41) is 4.10. The third-order valence-electron chi connectivity index (χ3n) is 4.95. The molecule has 2 aliphatic heterocycles. The molecule has 1 saturated heterocycles. The van der Waals surface area contributed by atoms with Crippen molar-refractivity contribution in [2.24, 2.45) is 5.10 Å². The molecule has 2 aliphatic rings. The van der Waals surface area contributed by atoms with Crippen molar-refractivity contribution in [3.63, 3.8) is 0 Å². The summed E-state index contributed by atoms with van der Waals surface area (Å²) < 4.78 is 5.43. The van der Waals surface area contributed by atoms with Crippen molar-refractivity contribution < 1.29 is 9.53 Å². The first kappa shape index (κ1) is 17.6. The van der Waals surface area contributed by atoms with Crippen LogP contribution in [-0.4, -0.2) is 57.8 Å². The van der Waals surface area contributed by atoms with Crippen molar-refractivity contribution in [1.82, 2.24) is 25.3 Å². The molecule has 1 fully saturated rings. The van der Waals surface area contributed by atoms with Gasteiger partial charge < -0.3 is 9.72 Å². The SMILES string of the molecule is Cc1[nH]c(/C=C2/C(=O)NN=C2c2ncccn2)c(C)c1CN1CCOCC1. The highest BCUT2D eigenvalue weighted by Gasteiger charge is 2.27. The third-order valence-corrected chi connectivity index (χ3v) is 4.95. The van der Waals surface area contributed by atoms with Gasteiger partial charge in [-0.2, -0.15) is 5.10 Å². The van der Waals surface area contributed by atoms with E-state index in [9.17, 15) is 4.79 Å². The maximum absolute atomic E-state index is 12.3. The van der Waals surface area contributed by atoms with Crippen LogP contribution in [0.4, 0.5) is 0 Å².